The van der Waals surface area contributed by atoms with Crippen LogP contribution in [0.1, 0.15) is 58.8 Å². The number of hydrogen-bond donors (Lipinski definition) is 0. The Morgan fingerprint density at radius 2 is 1.94 bits per heavy atom. The van der Waals surface area contributed by atoms with Gasteiger partial charge in [0, 0.05) is 19.3 Å². The van der Waals surface area contributed by atoms with Crippen LogP contribution in [0.5, 0.6) is 0 Å². The maximum Gasteiger partial charge on any atom is 0.306 e. The summed E-state index contributed by atoms with van der Waals surface area (Å²) in [6.45, 7) is 4.64. The molecule has 0 aromatic rings. The van der Waals surface area contributed by atoms with Crippen LogP contribution < -0.4 is 0 Å². The lowest BCUT2D eigenvalue weighted by atomic mass is 9.89. The molecule has 0 saturated heterocycles. The molecule has 0 aliphatic heterocycles. The van der Waals surface area contributed by atoms with E-state index in [1.807, 2.05) is 6.92 Å². The highest BCUT2D eigenvalue weighted by Crippen LogP contribution is 2.35. The van der Waals surface area contributed by atoms with Gasteiger partial charge in [-0.05, 0) is 24.7 Å². The van der Waals surface area contributed by atoms with Gasteiger partial charge < -0.3 is 4.74 Å². The number of hydrogen-bond acceptors (Lipinski definition) is 3. The Morgan fingerprint density at radius 1 is 1.24 bits per heavy atom. The molecule has 3 nitrogen and oxygen atoms in total. The van der Waals surface area contributed by atoms with Crippen molar-refractivity contribution in [2.24, 2.45) is 11.8 Å². The molecular formula is C14H24O3. The number of esters is 1. The summed E-state index contributed by atoms with van der Waals surface area (Å²) in [7, 11) is 0. The van der Waals surface area contributed by atoms with Crippen molar-refractivity contribution in [2.45, 2.75) is 58.8 Å². The summed E-state index contributed by atoms with van der Waals surface area (Å²) in [5.74, 6) is 0.836. The largest absolute Gasteiger partial charge is 0.466 e. The number of Topliss-reactive ketones (excluding diaryl/α,β-unsaturated/α-hetero) is 1. The zero-order valence-electron chi connectivity index (χ0n) is 11.0. The minimum atomic E-state index is -0.131. The molecule has 1 saturated carbocycles. The molecule has 0 radical (unpaired) electrons. The third-order valence-electron chi connectivity index (χ3n) is 3.47. The summed E-state index contributed by atoms with van der Waals surface area (Å²) in [5.41, 5.74) is 0. The average molecular weight is 240 g/mol. The number of carbonyl (C=O) groups excluding carboxylic acids is 2. The number of ether oxygens (including phenoxy) is 1. The average Bonchev–Trinajstić information content (AvgIpc) is 2.64. The van der Waals surface area contributed by atoms with Crippen LogP contribution in [-0.2, 0) is 14.3 Å². The first kappa shape index (κ1) is 14.2. The molecular weight excluding hydrogens is 216 g/mol. The van der Waals surface area contributed by atoms with E-state index in [2.05, 4.69) is 6.92 Å². The minimum absolute atomic E-state index is 0.131. The van der Waals surface area contributed by atoms with E-state index in [1.165, 1.54) is 0 Å². The molecule has 3 heteroatoms. The zero-order valence-corrected chi connectivity index (χ0v) is 11.0. The van der Waals surface area contributed by atoms with Crippen molar-refractivity contribution in [3.8, 4) is 0 Å². The van der Waals surface area contributed by atoms with Crippen LogP contribution in [0.25, 0.3) is 0 Å². The van der Waals surface area contributed by atoms with Gasteiger partial charge in [-0.1, -0.05) is 26.7 Å². The Balaban J connectivity index is 2.38. The lowest BCUT2D eigenvalue weighted by molar-refractivity contribution is -0.145. The summed E-state index contributed by atoms with van der Waals surface area (Å²) in [5, 5.41) is 0. The number of unbranched alkanes of at least 4 members (excludes halogenated alkanes) is 1. The molecule has 1 rings (SSSR count). The van der Waals surface area contributed by atoms with Crippen LogP contribution in [0.15, 0.2) is 0 Å². The van der Waals surface area contributed by atoms with E-state index in [1.54, 1.807) is 0 Å². The SMILES string of the molecule is CCCCC1CC(=O)CC1CC(=O)OCCC. The third-order valence-corrected chi connectivity index (χ3v) is 3.47. The second-order valence-electron chi connectivity index (χ2n) is 5.03. The highest BCUT2D eigenvalue weighted by molar-refractivity contribution is 5.82. The summed E-state index contributed by atoms with van der Waals surface area (Å²) in [6.07, 6.45) is 5.92. The van der Waals surface area contributed by atoms with Gasteiger partial charge in [-0.2, -0.15) is 0 Å². The summed E-state index contributed by atoms with van der Waals surface area (Å²) < 4.78 is 5.09. The summed E-state index contributed by atoms with van der Waals surface area (Å²) in [6, 6.07) is 0. The van der Waals surface area contributed by atoms with Crippen LogP contribution in [0.2, 0.25) is 0 Å². The smallest absolute Gasteiger partial charge is 0.306 e. The van der Waals surface area contributed by atoms with E-state index in [0.29, 0.717) is 37.6 Å². The Hall–Kier alpha value is -0.860. The normalized spacial score (nSPS) is 24.0. The summed E-state index contributed by atoms with van der Waals surface area (Å²) in [4.78, 5) is 23.0. The molecule has 0 amide bonds. The van der Waals surface area contributed by atoms with Gasteiger partial charge in [-0.25, -0.2) is 0 Å². The third kappa shape index (κ3) is 4.88. The molecule has 2 unspecified atom stereocenters. The molecule has 0 bridgehead atoms. The van der Waals surface area contributed by atoms with Crippen molar-refractivity contribution >= 4 is 11.8 Å². The van der Waals surface area contributed by atoms with Gasteiger partial charge in [0.25, 0.3) is 0 Å². The highest BCUT2D eigenvalue weighted by atomic mass is 16.5. The van der Waals surface area contributed by atoms with E-state index < -0.39 is 0 Å². The van der Waals surface area contributed by atoms with Gasteiger partial charge in [0.05, 0.1) is 6.61 Å². The van der Waals surface area contributed by atoms with E-state index in [9.17, 15) is 9.59 Å². The number of rotatable bonds is 7. The van der Waals surface area contributed by atoms with Crippen LogP contribution in [-0.4, -0.2) is 18.4 Å². The highest BCUT2D eigenvalue weighted by Gasteiger charge is 2.33. The van der Waals surface area contributed by atoms with Crippen LogP contribution in [0, 0.1) is 11.8 Å². The quantitative estimate of drug-likeness (QED) is 0.642. The van der Waals surface area contributed by atoms with Gasteiger partial charge in [0.15, 0.2) is 0 Å². The van der Waals surface area contributed by atoms with Crippen molar-refractivity contribution in [1.29, 1.82) is 0 Å². The first-order chi connectivity index (χ1) is 8.17. The second-order valence-corrected chi connectivity index (χ2v) is 5.03. The van der Waals surface area contributed by atoms with Crippen molar-refractivity contribution < 1.29 is 14.3 Å². The molecule has 1 aliphatic carbocycles. The van der Waals surface area contributed by atoms with Crippen molar-refractivity contribution in [2.75, 3.05) is 6.61 Å². The van der Waals surface area contributed by atoms with Crippen LogP contribution >= 0.6 is 0 Å². The Kier molecular flexibility index (Phi) is 6.23. The Bertz CT molecular complexity index is 260. The Labute approximate surface area is 104 Å². The molecule has 0 N–H and O–H groups in total. The molecule has 2 atom stereocenters. The van der Waals surface area contributed by atoms with E-state index in [4.69, 9.17) is 4.74 Å². The second kappa shape index (κ2) is 7.46. The number of carbonyl (C=O) groups is 2. The first-order valence-electron chi connectivity index (χ1n) is 6.84. The van der Waals surface area contributed by atoms with Crippen LogP contribution in [0.4, 0.5) is 0 Å². The lowest BCUT2D eigenvalue weighted by Crippen LogP contribution is -2.15. The molecule has 1 fully saturated rings. The molecule has 0 aromatic carbocycles. The van der Waals surface area contributed by atoms with Crippen molar-refractivity contribution in [3.63, 3.8) is 0 Å². The van der Waals surface area contributed by atoms with Crippen molar-refractivity contribution in [1.82, 2.24) is 0 Å². The fourth-order valence-corrected chi connectivity index (χ4v) is 2.53. The monoisotopic (exact) mass is 240 g/mol. The molecule has 0 heterocycles. The van der Waals surface area contributed by atoms with E-state index >= 15 is 0 Å². The first-order valence-corrected chi connectivity index (χ1v) is 6.84. The molecule has 0 aromatic heterocycles. The van der Waals surface area contributed by atoms with Gasteiger partial charge in [-0.3, -0.25) is 9.59 Å². The van der Waals surface area contributed by atoms with E-state index in [0.717, 1.165) is 25.7 Å². The predicted octanol–water partition coefficient (Wildman–Crippen LogP) is 3.12. The standard InChI is InChI=1S/C14H24O3/c1-3-5-6-11-8-13(15)9-12(11)10-14(16)17-7-4-2/h11-12H,3-10H2,1-2H3. The molecule has 1 aliphatic rings. The van der Waals surface area contributed by atoms with Gasteiger partial charge >= 0.3 is 5.97 Å². The summed E-state index contributed by atoms with van der Waals surface area (Å²) >= 11 is 0. The number of ketones is 1. The van der Waals surface area contributed by atoms with Gasteiger partial charge in [0.2, 0.25) is 0 Å². The predicted molar refractivity (Wildman–Crippen MR) is 66.6 cm³/mol. The molecule has 0 spiro atoms. The fourth-order valence-electron chi connectivity index (χ4n) is 2.53. The topological polar surface area (TPSA) is 43.4 Å². The van der Waals surface area contributed by atoms with Gasteiger partial charge in [-0.15, -0.1) is 0 Å². The minimum Gasteiger partial charge on any atom is -0.466 e. The van der Waals surface area contributed by atoms with E-state index in [-0.39, 0.29) is 11.9 Å². The lowest BCUT2D eigenvalue weighted by Gasteiger charge is -2.17. The zero-order chi connectivity index (χ0) is 12.7. The Morgan fingerprint density at radius 3 is 2.59 bits per heavy atom. The molecule has 17 heavy (non-hydrogen) atoms. The van der Waals surface area contributed by atoms with Gasteiger partial charge in [0.1, 0.15) is 5.78 Å². The fraction of sp³-hybridized carbons (Fsp3) is 0.857. The molecule has 98 valence electrons. The van der Waals surface area contributed by atoms with Crippen molar-refractivity contribution in [3.05, 3.63) is 0 Å². The maximum absolute atomic E-state index is 11.6. The van der Waals surface area contributed by atoms with Crippen LogP contribution in [0.3, 0.4) is 0 Å². The maximum atomic E-state index is 11.6.